The molecule has 3 nitrogen and oxygen atoms in total. The first-order chi connectivity index (χ1) is 5.54. The summed E-state index contributed by atoms with van der Waals surface area (Å²) in [6.07, 6.45) is -3.05. The van der Waals surface area contributed by atoms with E-state index in [4.69, 9.17) is 0 Å². The lowest BCUT2D eigenvalue weighted by Gasteiger charge is -2.04. The first-order valence-electron chi connectivity index (χ1n) is 2.97. The quantitative estimate of drug-likeness (QED) is 0.653. The van der Waals surface area contributed by atoms with Gasteiger partial charge in [-0.1, -0.05) is 0 Å². The maximum absolute atomic E-state index is 11.9. The minimum atomic E-state index is -4.40. The van der Waals surface area contributed by atoms with Crippen LogP contribution in [0, 0.1) is 0 Å². The van der Waals surface area contributed by atoms with Gasteiger partial charge in [-0.25, -0.2) is 9.97 Å². The van der Waals surface area contributed by atoms with Crippen LogP contribution in [-0.4, -0.2) is 17.1 Å². The molecule has 0 aliphatic carbocycles. The van der Waals surface area contributed by atoms with E-state index >= 15 is 0 Å². The van der Waals surface area contributed by atoms with Crippen molar-refractivity contribution in [2.75, 3.05) is 7.11 Å². The molecule has 0 saturated carbocycles. The van der Waals surface area contributed by atoms with Gasteiger partial charge in [0.05, 0.1) is 12.7 Å². The number of ether oxygens (including phenoxy) is 1. The van der Waals surface area contributed by atoms with Gasteiger partial charge in [-0.15, -0.1) is 0 Å². The summed E-state index contributed by atoms with van der Waals surface area (Å²) in [5, 5.41) is 0. The Balaban J connectivity index is 2.93. The maximum Gasteiger partial charge on any atom is 0.419 e. The summed E-state index contributed by atoms with van der Waals surface area (Å²) in [5.74, 6) is 0. The van der Waals surface area contributed by atoms with E-state index in [1.54, 1.807) is 0 Å². The first kappa shape index (κ1) is 8.76. The normalized spacial score (nSPS) is 11.3. The molecule has 6 heteroatoms. The highest BCUT2D eigenvalue weighted by Crippen LogP contribution is 2.28. The summed E-state index contributed by atoms with van der Waals surface area (Å²) in [6.45, 7) is 0. The van der Waals surface area contributed by atoms with Crippen molar-refractivity contribution >= 4 is 0 Å². The summed E-state index contributed by atoms with van der Waals surface area (Å²) < 4.78 is 40.2. The van der Waals surface area contributed by atoms with Crippen LogP contribution in [0.5, 0.6) is 6.01 Å². The predicted molar refractivity (Wildman–Crippen MR) is 33.6 cm³/mol. The number of rotatable bonds is 1. The average Bonchev–Trinajstić information content (AvgIpc) is 2.03. The number of aromatic nitrogens is 2. The molecule has 66 valence electrons. The monoisotopic (exact) mass is 178 g/mol. The van der Waals surface area contributed by atoms with Gasteiger partial charge in [0.15, 0.2) is 0 Å². The Bertz CT molecular complexity index is 256. The summed E-state index contributed by atoms with van der Waals surface area (Å²) in [7, 11) is 1.28. The Morgan fingerprint density at radius 2 is 1.75 bits per heavy atom. The molecule has 0 fully saturated rings. The standard InChI is InChI=1S/C6H5F3N2O/c1-12-5-10-2-4(3-11-5)6(7,8)9/h2-3H,1H3. The molecule has 1 heterocycles. The van der Waals surface area contributed by atoms with Crippen LogP contribution < -0.4 is 4.74 Å². The fraction of sp³-hybridized carbons (Fsp3) is 0.333. The lowest BCUT2D eigenvalue weighted by atomic mass is 10.3. The van der Waals surface area contributed by atoms with Crippen LogP contribution in [0.1, 0.15) is 5.56 Å². The number of nitrogens with zero attached hydrogens (tertiary/aromatic N) is 2. The molecule has 0 aromatic carbocycles. The van der Waals surface area contributed by atoms with Gasteiger partial charge >= 0.3 is 12.2 Å². The molecule has 0 radical (unpaired) electrons. The van der Waals surface area contributed by atoms with Crippen molar-refractivity contribution in [2.45, 2.75) is 6.18 Å². The second kappa shape index (κ2) is 2.96. The second-order valence-corrected chi connectivity index (χ2v) is 1.96. The Labute approximate surface area is 66.2 Å². The molecule has 0 amide bonds. The smallest absolute Gasteiger partial charge is 0.419 e. The number of halogens is 3. The van der Waals surface area contributed by atoms with Crippen molar-refractivity contribution in [3.05, 3.63) is 18.0 Å². The molecule has 0 unspecified atom stereocenters. The summed E-state index contributed by atoms with van der Waals surface area (Å²) in [5.41, 5.74) is -0.886. The number of methoxy groups -OCH3 is 1. The molecule has 0 N–H and O–H groups in total. The van der Waals surface area contributed by atoms with E-state index in [-0.39, 0.29) is 6.01 Å². The number of hydrogen-bond donors (Lipinski definition) is 0. The van der Waals surface area contributed by atoms with Crippen molar-refractivity contribution in [3.8, 4) is 6.01 Å². The van der Waals surface area contributed by atoms with Crippen LogP contribution in [0.25, 0.3) is 0 Å². The van der Waals surface area contributed by atoms with Crippen LogP contribution in [0.3, 0.4) is 0 Å². The first-order valence-corrected chi connectivity index (χ1v) is 2.97. The van der Waals surface area contributed by atoms with Crippen LogP contribution >= 0.6 is 0 Å². The van der Waals surface area contributed by atoms with E-state index in [0.29, 0.717) is 12.4 Å². The zero-order chi connectivity index (χ0) is 9.19. The molecule has 0 spiro atoms. The van der Waals surface area contributed by atoms with Crippen LogP contribution in [-0.2, 0) is 6.18 Å². The molecule has 1 aromatic heterocycles. The number of alkyl halides is 3. The van der Waals surface area contributed by atoms with Crippen LogP contribution in [0.2, 0.25) is 0 Å². The summed E-state index contributed by atoms with van der Waals surface area (Å²) in [4.78, 5) is 6.62. The minimum Gasteiger partial charge on any atom is -0.467 e. The minimum absolute atomic E-state index is 0.0806. The van der Waals surface area contributed by atoms with Crippen molar-refractivity contribution < 1.29 is 17.9 Å². The van der Waals surface area contributed by atoms with Gasteiger partial charge in [-0.3, -0.25) is 0 Å². The highest BCUT2D eigenvalue weighted by Gasteiger charge is 2.31. The fourth-order valence-electron chi connectivity index (χ4n) is 0.568. The van der Waals surface area contributed by atoms with E-state index in [1.807, 2.05) is 0 Å². The zero-order valence-electron chi connectivity index (χ0n) is 6.09. The van der Waals surface area contributed by atoms with Crippen LogP contribution in [0.15, 0.2) is 12.4 Å². The van der Waals surface area contributed by atoms with Crippen LogP contribution in [0.4, 0.5) is 13.2 Å². The molecule has 0 bridgehead atoms. The SMILES string of the molecule is COc1ncc(C(F)(F)F)cn1. The summed E-state index contributed by atoms with van der Waals surface area (Å²) in [6, 6.07) is -0.0806. The third-order valence-electron chi connectivity index (χ3n) is 1.14. The van der Waals surface area contributed by atoms with Crippen molar-refractivity contribution in [2.24, 2.45) is 0 Å². The van der Waals surface area contributed by atoms with Gasteiger partial charge < -0.3 is 4.74 Å². The van der Waals surface area contributed by atoms with Gasteiger partial charge in [-0.2, -0.15) is 13.2 Å². The number of hydrogen-bond acceptors (Lipinski definition) is 3. The van der Waals surface area contributed by atoms with E-state index in [9.17, 15) is 13.2 Å². The van der Waals surface area contributed by atoms with Crippen molar-refractivity contribution in [1.82, 2.24) is 9.97 Å². The second-order valence-electron chi connectivity index (χ2n) is 1.96. The van der Waals surface area contributed by atoms with Gasteiger partial charge in [0.1, 0.15) is 0 Å². The van der Waals surface area contributed by atoms with Gasteiger partial charge in [0.25, 0.3) is 0 Å². The predicted octanol–water partition coefficient (Wildman–Crippen LogP) is 1.50. The van der Waals surface area contributed by atoms with E-state index in [1.165, 1.54) is 7.11 Å². The van der Waals surface area contributed by atoms with E-state index in [2.05, 4.69) is 14.7 Å². The molecule has 0 aliphatic rings. The molecular formula is C6H5F3N2O. The molecule has 1 aromatic rings. The third kappa shape index (κ3) is 1.84. The van der Waals surface area contributed by atoms with Crippen molar-refractivity contribution in [3.63, 3.8) is 0 Å². The van der Waals surface area contributed by atoms with E-state index in [0.717, 1.165) is 0 Å². The van der Waals surface area contributed by atoms with Gasteiger partial charge in [-0.05, 0) is 0 Å². The van der Waals surface area contributed by atoms with Crippen molar-refractivity contribution in [1.29, 1.82) is 0 Å². The fourth-order valence-corrected chi connectivity index (χ4v) is 0.568. The van der Waals surface area contributed by atoms with Gasteiger partial charge in [0, 0.05) is 12.4 Å². The lowest BCUT2D eigenvalue weighted by molar-refractivity contribution is -0.138. The highest BCUT2D eigenvalue weighted by molar-refractivity contribution is 5.10. The van der Waals surface area contributed by atoms with Gasteiger partial charge in [0.2, 0.25) is 0 Å². The lowest BCUT2D eigenvalue weighted by Crippen LogP contribution is -2.06. The largest absolute Gasteiger partial charge is 0.467 e. The molecule has 0 saturated heterocycles. The zero-order valence-corrected chi connectivity index (χ0v) is 6.09. The average molecular weight is 178 g/mol. The molecule has 0 atom stereocenters. The Hall–Kier alpha value is -1.33. The Morgan fingerprint density at radius 1 is 1.25 bits per heavy atom. The highest BCUT2D eigenvalue weighted by atomic mass is 19.4. The molecule has 0 aliphatic heterocycles. The Morgan fingerprint density at radius 3 is 2.08 bits per heavy atom. The molecular weight excluding hydrogens is 173 g/mol. The topological polar surface area (TPSA) is 35.0 Å². The molecule has 1 rings (SSSR count). The van der Waals surface area contributed by atoms with E-state index < -0.39 is 11.7 Å². The molecule has 12 heavy (non-hydrogen) atoms. The third-order valence-corrected chi connectivity index (χ3v) is 1.14. The Kier molecular flexibility index (Phi) is 2.16. The summed E-state index contributed by atoms with van der Waals surface area (Å²) >= 11 is 0. The maximum atomic E-state index is 11.9.